The summed E-state index contributed by atoms with van der Waals surface area (Å²) in [5, 5.41) is 0. The Labute approximate surface area is 210 Å². The van der Waals surface area contributed by atoms with E-state index in [1.807, 2.05) is 0 Å². The molecule has 0 heterocycles. The van der Waals surface area contributed by atoms with Gasteiger partial charge in [-0.15, -0.1) is 0 Å². The van der Waals surface area contributed by atoms with Crippen molar-refractivity contribution in [2.75, 3.05) is 0 Å². The van der Waals surface area contributed by atoms with Gasteiger partial charge in [-0.1, -0.05) is 75.5 Å². The molecule has 166 valence electrons. The molecule has 1 atom stereocenters. The molecule has 0 radical (unpaired) electrons. The second kappa shape index (κ2) is 9.28. The molecule has 0 aliphatic heterocycles. The van der Waals surface area contributed by atoms with Crippen molar-refractivity contribution in [2.45, 2.75) is 105 Å². The van der Waals surface area contributed by atoms with Gasteiger partial charge in [-0.2, -0.15) is 0 Å². The second-order valence-electron chi connectivity index (χ2n) is 10.6. The van der Waals surface area contributed by atoms with Crippen molar-refractivity contribution in [2.24, 2.45) is 11.3 Å². The molecular formula is C30H42Hf. The molecular weight excluding hydrogens is 539 g/mol. The third-order valence-electron chi connectivity index (χ3n) is 9.16. The van der Waals surface area contributed by atoms with E-state index < -0.39 is 0 Å². The molecule has 0 amide bonds. The van der Waals surface area contributed by atoms with Crippen molar-refractivity contribution >= 4 is 6.08 Å². The van der Waals surface area contributed by atoms with Gasteiger partial charge in [0, 0.05) is 36.7 Å². The first-order valence-corrected chi connectivity index (χ1v) is 12.5. The van der Waals surface area contributed by atoms with Gasteiger partial charge in [-0.3, -0.25) is 0 Å². The summed E-state index contributed by atoms with van der Waals surface area (Å²) in [5.41, 5.74) is 12.9. The third kappa shape index (κ3) is 3.48. The van der Waals surface area contributed by atoms with Crippen LogP contribution in [0.3, 0.4) is 0 Å². The summed E-state index contributed by atoms with van der Waals surface area (Å²) in [6.07, 6.45) is 15.6. The van der Waals surface area contributed by atoms with Crippen molar-refractivity contribution in [3.8, 4) is 0 Å². The third-order valence-corrected chi connectivity index (χ3v) is 9.16. The van der Waals surface area contributed by atoms with Gasteiger partial charge < -0.3 is 0 Å². The van der Waals surface area contributed by atoms with Crippen molar-refractivity contribution in [3.05, 3.63) is 62.8 Å². The zero-order valence-corrected chi connectivity index (χ0v) is 24.6. The topological polar surface area (TPSA) is 0 Å². The number of hydrogen-bond donors (Lipinski definition) is 0. The first-order chi connectivity index (χ1) is 14.3. The normalized spacial score (nSPS) is 24.0. The number of allylic oxidation sites excluding steroid dienone is 5. The quantitative estimate of drug-likeness (QED) is 0.233. The van der Waals surface area contributed by atoms with Crippen molar-refractivity contribution < 1.29 is 25.8 Å². The van der Waals surface area contributed by atoms with Gasteiger partial charge in [0.2, 0.25) is 0 Å². The summed E-state index contributed by atoms with van der Waals surface area (Å²) < 4.78 is 0. The van der Waals surface area contributed by atoms with Gasteiger partial charge in [-0.05, 0) is 99.1 Å². The fourth-order valence-electron chi connectivity index (χ4n) is 7.55. The number of hydrogen-bond acceptors (Lipinski definition) is 0. The van der Waals surface area contributed by atoms with E-state index in [1.165, 1.54) is 68.1 Å². The molecule has 3 aliphatic rings. The van der Waals surface area contributed by atoms with Crippen molar-refractivity contribution in [1.82, 2.24) is 0 Å². The van der Waals surface area contributed by atoms with Gasteiger partial charge in [0.15, 0.2) is 0 Å². The molecule has 1 unspecified atom stereocenters. The number of unbranched alkanes of at least 4 members (excludes halogenated alkanes) is 2. The van der Waals surface area contributed by atoms with Crippen molar-refractivity contribution in [3.63, 3.8) is 0 Å². The fraction of sp³-hybridized carbons (Fsp3) is 0.600. The molecule has 31 heavy (non-hydrogen) atoms. The summed E-state index contributed by atoms with van der Waals surface area (Å²) in [7, 11) is 0. The van der Waals surface area contributed by atoms with Crippen LogP contribution in [0, 0.1) is 11.3 Å². The number of fused-ring (bicyclic) bond motifs is 2. The summed E-state index contributed by atoms with van der Waals surface area (Å²) in [6.45, 7) is 16.9. The number of benzene rings is 1. The molecule has 0 saturated heterocycles. The minimum Gasteiger partial charge on any atom is -0.0721 e. The van der Waals surface area contributed by atoms with Gasteiger partial charge in [-0.25, -0.2) is 0 Å². The average Bonchev–Trinajstić information content (AvgIpc) is 3.17. The van der Waals surface area contributed by atoms with Crippen molar-refractivity contribution in [1.29, 1.82) is 0 Å². The van der Waals surface area contributed by atoms with Crippen LogP contribution in [0.1, 0.15) is 109 Å². The molecule has 1 aromatic rings. The first-order valence-electron chi connectivity index (χ1n) is 12.5. The van der Waals surface area contributed by atoms with E-state index >= 15 is 0 Å². The van der Waals surface area contributed by atoms with E-state index in [4.69, 9.17) is 0 Å². The molecule has 1 aromatic carbocycles. The standard InChI is InChI=1S/C30H42.Hf/c1-8-9-12-16-29(30(20(2)3)23(6)21(4)22(5)24(30)7)17-15-27-18-25-13-10-11-14-26(25)19-28(27)29;/h15,17-20H,8-14,16H2,1-7H3;. The molecule has 0 nitrogen and oxygen atoms in total. The molecule has 0 saturated carbocycles. The minimum atomic E-state index is 0. The van der Waals surface area contributed by atoms with E-state index in [2.05, 4.69) is 72.8 Å². The molecule has 3 aliphatic carbocycles. The zero-order valence-electron chi connectivity index (χ0n) is 21.0. The van der Waals surface area contributed by atoms with Crippen LogP contribution in [0.15, 0.2) is 40.5 Å². The average molecular weight is 581 g/mol. The maximum atomic E-state index is 2.66. The van der Waals surface area contributed by atoms with Gasteiger partial charge >= 0.3 is 0 Å². The van der Waals surface area contributed by atoms with E-state index in [0.717, 1.165) is 0 Å². The Balaban J connectivity index is 0.00000272. The monoisotopic (exact) mass is 582 g/mol. The van der Waals surface area contributed by atoms with Crippen LogP contribution >= 0.6 is 0 Å². The zero-order chi connectivity index (χ0) is 21.7. The van der Waals surface area contributed by atoms with Crippen LogP contribution in [-0.2, 0) is 44.1 Å². The van der Waals surface area contributed by atoms with E-state index in [1.54, 1.807) is 27.8 Å². The SMILES string of the molecule is CCCCCC1(C2(C(C)C)C(C)=C(C)C(C)=C2C)C=Cc2cc3c(cc21)CCCC3.[Hf]. The molecule has 0 fully saturated rings. The predicted octanol–water partition coefficient (Wildman–Crippen LogP) is 8.74. The maximum absolute atomic E-state index is 2.66. The molecule has 4 rings (SSSR count). The first kappa shape index (κ1) is 24.9. The van der Waals surface area contributed by atoms with Crippen LogP contribution in [0.2, 0.25) is 0 Å². The Morgan fingerprint density at radius 1 is 0.871 bits per heavy atom. The maximum Gasteiger partial charge on any atom is 0.0281 e. The predicted molar refractivity (Wildman–Crippen MR) is 132 cm³/mol. The second-order valence-corrected chi connectivity index (χ2v) is 10.6. The Morgan fingerprint density at radius 2 is 1.45 bits per heavy atom. The summed E-state index contributed by atoms with van der Waals surface area (Å²) in [5.74, 6) is 0.568. The van der Waals surface area contributed by atoms with Crippen LogP contribution < -0.4 is 0 Å². The van der Waals surface area contributed by atoms with Gasteiger partial charge in [0.1, 0.15) is 0 Å². The smallest absolute Gasteiger partial charge is 0.0281 e. The fourth-order valence-corrected chi connectivity index (χ4v) is 7.55. The summed E-state index contributed by atoms with van der Waals surface area (Å²) in [4.78, 5) is 0. The molecule has 1 heteroatoms. The summed E-state index contributed by atoms with van der Waals surface area (Å²) in [6, 6.07) is 5.21. The largest absolute Gasteiger partial charge is 0.0721 e. The molecule has 0 spiro atoms. The van der Waals surface area contributed by atoms with E-state index in [9.17, 15) is 0 Å². The Bertz CT molecular complexity index is 915. The van der Waals surface area contributed by atoms with Crippen LogP contribution in [-0.4, -0.2) is 0 Å². The van der Waals surface area contributed by atoms with E-state index in [0.29, 0.717) is 5.92 Å². The number of aryl methyl sites for hydroxylation is 2. The molecule has 0 aromatic heterocycles. The van der Waals surface area contributed by atoms with Crippen LogP contribution in [0.5, 0.6) is 0 Å². The summed E-state index contributed by atoms with van der Waals surface area (Å²) >= 11 is 0. The van der Waals surface area contributed by atoms with Gasteiger partial charge in [0.05, 0.1) is 0 Å². The number of rotatable bonds is 6. The van der Waals surface area contributed by atoms with Crippen LogP contribution in [0.4, 0.5) is 0 Å². The van der Waals surface area contributed by atoms with E-state index in [-0.39, 0.29) is 36.7 Å². The van der Waals surface area contributed by atoms with Crippen LogP contribution in [0.25, 0.3) is 6.08 Å². The molecule has 0 N–H and O–H groups in total. The van der Waals surface area contributed by atoms with Gasteiger partial charge in [0.25, 0.3) is 0 Å². The molecule has 0 bridgehead atoms. The Kier molecular flexibility index (Phi) is 7.47. The Hall–Kier alpha value is -0.690. The Morgan fingerprint density at radius 3 is 2.00 bits per heavy atom. The minimum absolute atomic E-state index is 0.